The third-order valence-electron chi connectivity index (χ3n) is 3.59. The van der Waals surface area contributed by atoms with Gasteiger partial charge in [0.15, 0.2) is 6.29 Å². The predicted molar refractivity (Wildman–Crippen MR) is 76.3 cm³/mol. The van der Waals surface area contributed by atoms with Crippen molar-refractivity contribution in [2.24, 2.45) is 0 Å². The number of nitrogens with one attached hydrogen (secondary N) is 1. The zero-order valence-corrected chi connectivity index (χ0v) is 12.5. The van der Waals surface area contributed by atoms with Crippen LogP contribution in [0, 0.1) is 0 Å². The van der Waals surface area contributed by atoms with Gasteiger partial charge in [0.25, 0.3) is 0 Å². The summed E-state index contributed by atoms with van der Waals surface area (Å²) in [6, 6.07) is 6.17. The van der Waals surface area contributed by atoms with Crippen LogP contribution in [0.2, 0.25) is 0 Å². The van der Waals surface area contributed by atoms with Crippen LogP contribution in [0.1, 0.15) is 24.9 Å². The minimum atomic E-state index is -0.271. The average Bonchev–Trinajstić information content (AvgIpc) is 2.48. The first kappa shape index (κ1) is 15.1. The van der Waals surface area contributed by atoms with Gasteiger partial charge in [-0.1, -0.05) is 0 Å². The fourth-order valence-electron chi connectivity index (χ4n) is 2.57. The normalized spacial score (nSPS) is 19.4. The summed E-state index contributed by atoms with van der Waals surface area (Å²) in [7, 11) is 4.96. The van der Waals surface area contributed by atoms with Gasteiger partial charge in [-0.2, -0.15) is 0 Å². The molecule has 0 aromatic heterocycles. The second-order valence-corrected chi connectivity index (χ2v) is 4.89. The summed E-state index contributed by atoms with van der Waals surface area (Å²) in [5.74, 6) is 1.75. The first-order valence-electron chi connectivity index (χ1n) is 6.82. The van der Waals surface area contributed by atoms with E-state index in [4.69, 9.17) is 18.9 Å². The van der Waals surface area contributed by atoms with Crippen molar-refractivity contribution in [1.82, 2.24) is 5.32 Å². The molecule has 2 unspecified atom stereocenters. The Hall–Kier alpha value is -1.30. The third-order valence-corrected chi connectivity index (χ3v) is 3.59. The largest absolute Gasteiger partial charge is 0.497 e. The van der Waals surface area contributed by atoms with Crippen LogP contribution < -0.4 is 14.8 Å². The standard InChI is InChI=1S/C15H23NO4/c1-10(15(18-3)19-4)16-13-7-8-20-14-6-5-11(17-2)9-12(13)14/h5-6,9-10,13,15-16H,7-8H2,1-4H3. The molecule has 0 radical (unpaired) electrons. The molecule has 2 rings (SSSR count). The van der Waals surface area contributed by atoms with Crippen molar-refractivity contribution >= 4 is 0 Å². The Balaban J connectivity index is 2.15. The van der Waals surface area contributed by atoms with Crippen LogP contribution in [-0.2, 0) is 9.47 Å². The lowest BCUT2D eigenvalue weighted by atomic mass is 9.99. The highest BCUT2D eigenvalue weighted by Crippen LogP contribution is 2.35. The van der Waals surface area contributed by atoms with E-state index in [1.54, 1.807) is 21.3 Å². The van der Waals surface area contributed by atoms with Crippen LogP contribution in [-0.4, -0.2) is 40.3 Å². The van der Waals surface area contributed by atoms with Gasteiger partial charge in [-0.15, -0.1) is 0 Å². The smallest absolute Gasteiger partial charge is 0.171 e. The van der Waals surface area contributed by atoms with Crippen molar-refractivity contribution in [1.29, 1.82) is 0 Å². The Labute approximate surface area is 120 Å². The maximum absolute atomic E-state index is 5.69. The lowest BCUT2D eigenvalue weighted by molar-refractivity contribution is -0.121. The monoisotopic (exact) mass is 281 g/mol. The summed E-state index contributed by atoms with van der Waals surface area (Å²) >= 11 is 0. The van der Waals surface area contributed by atoms with E-state index in [9.17, 15) is 0 Å². The molecule has 20 heavy (non-hydrogen) atoms. The highest BCUT2D eigenvalue weighted by Gasteiger charge is 2.26. The lowest BCUT2D eigenvalue weighted by Gasteiger charge is -2.31. The lowest BCUT2D eigenvalue weighted by Crippen LogP contribution is -2.42. The fraction of sp³-hybridized carbons (Fsp3) is 0.600. The Kier molecular flexibility index (Phi) is 5.23. The first-order valence-corrected chi connectivity index (χ1v) is 6.82. The summed E-state index contributed by atoms with van der Waals surface area (Å²) in [4.78, 5) is 0. The molecule has 1 aliphatic heterocycles. The van der Waals surface area contributed by atoms with Crippen LogP contribution >= 0.6 is 0 Å². The van der Waals surface area contributed by atoms with Gasteiger partial charge in [0.05, 0.1) is 19.8 Å². The maximum atomic E-state index is 5.69. The molecule has 5 nitrogen and oxygen atoms in total. The van der Waals surface area contributed by atoms with Gasteiger partial charge >= 0.3 is 0 Å². The van der Waals surface area contributed by atoms with E-state index in [2.05, 4.69) is 5.32 Å². The van der Waals surface area contributed by atoms with Gasteiger partial charge < -0.3 is 24.3 Å². The number of hydrogen-bond donors (Lipinski definition) is 1. The van der Waals surface area contributed by atoms with E-state index in [-0.39, 0.29) is 18.4 Å². The van der Waals surface area contributed by atoms with Crippen molar-refractivity contribution in [3.05, 3.63) is 23.8 Å². The Morgan fingerprint density at radius 3 is 2.65 bits per heavy atom. The molecule has 5 heteroatoms. The van der Waals surface area contributed by atoms with E-state index in [0.717, 1.165) is 23.5 Å². The van der Waals surface area contributed by atoms with Crippen LogP contribution in [0.5, 0.6) is 11.5 Å². The first-order chi connectivity index (χ1) is 9.69. The number of benzene rings is 1. The summed E-state index contributed by atoms with van der Waals surface area (Å²) in [6.45, 7) is 2.75. The van der Waals surface area contributed by atoms with E-state index in [1.165, 1.54) is 0 Å². The molecule has 0 saturated heterocycles. The topological polar surface area (TPSA) is 49.0 Å². The highest BCUT2D eigenvalue weighted by molar-refractivity contribution is 5.43. The zero-order chi connectivity index (χ0) is 14.5. The van der Waals surface area contributed by atoms with E-state index in [1.807, 2.05) is 25.1 Å². The molecule has 112 valence electrons. The SMILES string of the molecule is COc1ccc2c(c1)C(NC(C)C(OC)OC)CCO2. The van der Waals surface area contributed by atoms with Crippen LogP contribution in [0.3, 0.4) is 0 Å². The summed E-state index contributed by atoms with van der Waals surface area (Å²) in [5, 5.41) is 3.54. The number of methoxy groups -OCH3 is 3. The molecule has 0 saturated carbocycles. The molecule has 1 aliphatic rings. The molecule has 1 N–H and O–H groups in total. The molecule has 0 amide bonds. The number of hydrogen-bond acceptors (Lipinski definition) is 5. The maximum Gasteiger partial charge on any atom is 0.171 e. The van der Waals surface area contributed by atoms with Gasteiger partial charge in [-0.05, 0) is 25.1 Å². The van der Waals surface area contributed by atoms with Gasteiger partial charge in [-0.3, -0.25) is 0 Å². The highest BCUT2D eigenvalue weighted by atomic mass is 16.7. The number of ether oxygens (including phenoxy) is 4. The van der Waals surface area contributed by atoms with E-state index < -0.39 is 0 Å². The quantitative estimate of drug-likeness (QED) is 0.809. The third kappa shape index (κ3) is 3.23. The molecular formula is C15H23NO4. The molecule has 1 aromatic carbocycles. The number of fused-ring (bicyclic) bond motifs is 1. The molecule has 1 heterocycles. The molecule has 0 aliphatic carbocycles. The van der Waals surface area contributed by atoms with Gasteiger partial charge in [0, 0.05) is 32.2 Å². The van der Waals surface area contributed by atoms with Gasteiger partial charge in [0.1, 0.15) is 11.5 Å². The Morgan fingerprint density at radius 2 is 2.00 bits per heavy atom. The van der Waals surface area contributed by atoms with Crippen LogP contribution in [0.4, 0.5) is 0 Å². The van der Waals surface area contributed by atoms with Crippen molar-refractivity contribution in [2.75, 3.05) is 27.9 Å². The van der Waals surface area contributed by atoms with E-state index in [0.29, 0.717) is 6.61 Å². The molecule has 1 aromatic rings. The zero-order valence-electron chi connectivity index (χ0n) is 12.5. The van der Waals surface area contributed by atoms with Crippen molar-refractivity contribution in [3.63, 3.8) is 0 Å². The fourth-order valence-corrected chi connectivity index (χ4v) is 2.57. The molecule has 0 spiro atoms. The second-order valence-electron chi connectivity index (χ2n) is 4.89. The van der Waals surface area contributed by atoms with Crippen LogP contribution in [0.25, 0.3) is 0 Å². The second kappa shape index (κ2) is 6.92. The minimum absolute atomic E-state index is 0.0761. The van der Waals surface area contributed by atoms with Crippen molar-refractivity contribution in [3.8, 4) is 11.5 Å². The molecule has 0 fully saturated rings. The van der Waals surface area contributed by atoms with Crippen LogP contribution in [0.15, 0.2) is 18.2 Å². The predicted octanol–water partition coefficient (Wildman–Crippen LogP) is 2.12. The molecule has 2 atom stereocenters. The summed E-state index contributed by atoms with van der Waals surface area (Å²) in [5.41, 5.74) is 1.12. The Morgan fingerprint density at radius 1 is 1.25 bits per heavy atom. The van der Waals surface area contributed by atoms with Crippen molar-refractivity contribution < 1.29 is 18.9 Å². The van der Waals surface area contributed by atoms with Gasteiger partial charge in [0.2, 0.25) is 0 Å². The molecular weight excluding hydrogens is 258 g/mol. The average molecular weight is 281 g/mol. The van der Waals surface area contributed by atoms with Gasteiger partial charge in [-0.25, -0.2) is 0 Å². The summed E-state index contributed by atoms with van der Waals surface area (Å²) < 4.78 is 21.6. The van der Waals surface area contributed by atoms with Crippen molar-refractivity contribution in [2.45, 2.75) is 31.7 Å². The Bertz CT molecular complexity index is 434. The minimum Gasteiger partial charge on any atom is -0.497 e. The molecule has 0 bridgehead atoms. The van der Waals surface area contributed by atoms with E-state index >= 15 is 0 Å². The number of rotatable bonds is 6. The summed E-state index contributed by atoms with van der Waals surface area (Å²) in [6.07, 6.45) is 0.636.